The normalized spacial score (nSPS) is 10.2. The van der Waals surface area contributed by atoms with Crippen molar-refractivity contribution in [3.05, 3.63) is 50.7 Å². The summed E-state index contributed by atoms with van der Waals surface area (Å²) in [5.41, 5.74) is 1.74. The lowest BCUT2D eigenvalue weighted by atomic mass is 10.2. The fraction of sp³-hybridized carbons (Fsp3) is 0.100. The molecular formula is C10H9BrN4O2. The van der Waals surface area contributed by atoms with Crippen LogP contribution in [0.2, 0.25) is 0 Å². The molecule has 0 unspecified atom stereocenters. The molecule has 6 nitrogen and oxygen atoms in total. The Kier molecular flexibility index (Phi) is 3.38. The summed E-state index contributed by atoms with van der Waals surface area (Å²) in [6.07, 6.45) is 3.36. The minimum absolute atomic E-state index is 0.0662. The van der Waals surface area contributed by atoms with Crippen molar-refractivity contribution in [3.63, 3.8) is 0 Å². The Labute approximate surface area is 105 Å². The van der Waals surface area contributed by atoms with Crippen LogP contribution in [0.4, 0.5) is 11.4 Å². The molecule has 17 heavy (non-hydrogen) atoms. The number of anilines is 1. The summed E-state index contributed by atoms with van der Waals surface area (Å²) in [6, 6.07) is 5.03. The van der Waals surface area contributed by atoms with Gasteiger partial charge in [-0.3, -0.25) is 15.2 Å². The number of nitrogens with zero attached hydrogens (tertiary/aromatic N) is 2. The van der Waals surface area contributed by atoms with E-state index in [1.807, 2.05) is 6.07 Å². The van der Waals surface area contributed by atoms with Gasteiger partial charge in [-0.25, -0.2) is 0 Å². The first kappa shape index (κ1) is 11.6. The van der Waals surface area contributed by atoms with Crippen molar-refractivity contribution >= 4 is 27.3 Å². The monoisotopic (exact) mass is 296 g/mol. The third kappa shape index (κ3) is 2.82. The highest BCUT2D eigenvalue weighted by molar-refractivity contribution is 9.10. The predicted octanol–water partition coefficient (Wildman–Crippen LogP) is 2.69. The molecule has 0 amide bonds. The van der Waals surface area contributed by atoms with Crippen molar-refractivity contribution in [2.24, 2.45) is 0 Å². The molecule has 0 aliphatic rings. The number of H-pyrrole nitrogens is 1. The molecule has 0 fully saturated rings. The van der Waals surface area contributed by atoms with Gasteiger partial charge in [-0.2, -0.15) is 5.10 Å². The van der Waals surface area contributed by atoms with Crippen molar-refractivity contribution in [2.75, 3.05) is 5.32 Å². The van der Waals surface area contributed by atoms with Crippen LogP contribution >= 0.6 is 15.9 Å². The van der Waals surface area contributed by atoms with Crippen molar-refractivity contribution in [1.82, 2.24) is 10.2 Å². The Morgan fingerprint density at radius 1 is 1.53 bits per heavy atom. The minimum atomic E-state index is -0.411. The zero-order valence-electron chi connectivity index (χ0n) is 8.68. The van der Waals surface area contributed by atoms with Gasteiger partial charge in [0, 0.05) is 18.8 Å². The smallest absolute Gasteiger partial charge is 0.283 e. The van der Waals surface area contributed by atoms with Crippen LogP contribution in [0.1, 0.15) is 5.56 Å². The second-order valence-corrected chi connectivity index (χ2v) is 4.24. The van der Waals surface area contributed by atoms with Gasteiger partial charge in [0.1, 0.15) is 0 Å². The maximum absolute atomic E-state index is 10.7. The highest BCUT2D eigenvalue weighted by atomic mass is 79.9. The highest BCUT2D eigenvalue weighted by Gasteiger charge is 2.11. The summed E-state index contributed by atoms with van der Waals surface area (Å²) in [7, 11) is 0. The van der Waals surface area contributed by atoms with Crippen LogP contribution in [0.25, 0.3) is 0 Å². The van der Waals surface area contributed by atoms with E-state index >= 15 is 0 Å². The first-order valence-electron chi connectivity index (χ1n) is 4.82. The van der Waals surface area contributed by atoms with Crippen molar-refractivity contribution < 1.29 is 4.92 Å². The molecule has 2 N–H and O–H groups in total. The standard InChI is InChI=1S/C10H9BrN4O2/c11-9-2-1-7(3-10(9)15(16)17)4-12-8-5-13-14-6-8/h1-3,5-6,12H,4H2,(H,13,14). The van der Waals surface area contributed by atoms with Crippen LogP contribution in [-0.2, 0) is 6.54 Å². The predicted molar refractivity (Wildman–Crippen MR) is 66.7 cm³/mol. The van der Waals surface area contributed by atoms with Crippen LogP contribution in [0, 0.1) is 10.1 Å². The Morgan fingerprint density at radius 2 is 2.35 bits per heavy atom. The van der Waals surface area contributed by atoms with Crippen LogP contribution in [0.15, 0.2) is 35.1 Å². The summed E-state index contributed by atoms with van der Waals surface area (Å²) >= 11 is 3.14. The number of benzene rings is 1. The lowest BCUT2D eigenvalue weighted by Crippen LogP contribution is -1.99. The molecule has 0 radical (unpaired) electrons. The fourth-order valence-corrected chi connectivity index (χ4v) is 1.75. The first-order chi connectivity index (χ1) is 8.16. The molecule has 1 heterocycles. The number of aromatic amines is 1. The topological polar surface area (TPSA) is 83.8 Å². The lowest BCUT2D eigenvalue weighted by molar-refractivity contribution is -0.385. The number of aromatic nitrogens is 2. The summed E-state index contributed by atoms with van der Waals surface area (Å²) in [6.45, 7) is 0.508. The molecule has 0 aliphatic carbocycles. The summed E-state index contributed by atoms with van der Waals surface area (Å²) in [5.74, 6) is 0. The molecule has 0 saturated carbocycles. The van der Waals surface area contributed by atoms with E-state index in [1.165, 1.54) is 6.07 Å². The molecule has 88 valence electrons. The molecule has 1 aromatic carbocycles. The number of hydrogen-bond acceptors (Lipinski definition) is 4. The highest BCUT2D eigenvalue weighted by Crippen LogP contribution is 2.25. The van der Waals surface area contributed by atoms with Gasteiger partial charge in [-0.15, -0.1) is 0 Å². The van der Waals surface area contributed by atoms with Crippen molar-refractivity contribution in [2.45, 2.75) is 6.54 Å². The van der Waals surface area contributed by atoms with E-state index < -0.39 is 4.92 Å². The quantitative estimate of drug-likeness (QED) is 0.671. The maximum Gasteiger partial charge on any atom is 0.283 e. The third-order valence-electron chi connectivity index (χ3n) is 2.20. The molecular weight excluding hydrogens is 288 g/mol. The molecule has 2 rings (SSSR count). The SMILES string of the molecule is O=[N+]([O-])c1cc(CNc2cn[nH]c2)ccc1Br. The van der Waals surface area contributed by atoms with Gasteiger partial charge >= 0.3 is 0 Å². The van der Waals surface area contributed by atoms with E-state index in [0.29, 0.717) is 11.0 Å². The first-order valence-corrected chi connectivity index (χ1v) is 5.61. The van der Waals surface area contributed by atoms with Crippen molar-refractivity contribution in [1.29, 1.82) is 0 Å². The number of nitro benzene ring substituents is 1. The van der Waals surface area contributed by atoms with Gasteiger partial charge in [0.05, 0.1) is 21.3 Å². The van der Waals surface area contributed by atoms with E-state index in [2.05, 4.69) is 31.4 Å². The largest absolute Gasteiger partial charge is 0.378 e. The molecule has 0 aliphatic heterocycles. The average molecular weight is 297 g/mol. The van der Waals surface area contributed by atoms with E-state index in [9.17, 15) is 10.1 Å². The molecule has 2 aromatic rings. The van der Waals surface area contributed by atoms with Crippen LogP contribution in [-0.4, -0.2) is 15.1 Å². The van der Waals surface area contributed by atoms with Gasteiger partial charge in [0.25, 0.3) is 5.69 Å². The summed E-state index contributed by atoms with van der Waals surface area (Å²) in [4.78, 5) is 10.3. The van der Waals surface area contributed by atoms with Gasteiger partial charge in [0.2, 0.25) is 0 Å². The van der Waals surface area contributed by atoms with Crippen LogP contribution in [0.3, 0.4) is 0 Å². The van der Waals surface area contributed by atoms with Gasteiger partial charge < -0.3 is 5.32 Å². The van der Waals surface area contributed by atoms with E-state index in [4.69, 9.17) is 0 Å². The number of halogens is 1. The Balaban J connectivity index is 2.11. The van der Waals surface area contributed by atoms with E-state index in [1.54, 1.807) is 18.5 Å². The Hall–Kier alpha value is -1.89. The van der Waals surface area contributed by atoms with Crippen LogP contribution in [0.5, 0.6) is 0 Å². The summed E-state index contributed by atoms with van der Waals surface area (Å²) in [5, 5.41) is 20.3. The zero-order valence-corrected chi connectivity index (χ0v) is 10.3. The Morgan fingerprint density at radius 3 is 3.00 bits per heavy atom. The molecule has 0 atom stereocenters. The number of rotatable bonds is 4. The molecule has 0 bridgehead atoms. The maximum atomic E-state index is 10.7. The summed E-state index contributed by atoms with van der Waals surface area (Å²) < 4.78 is 0.481. The fourth-order valence-electron chi connectivity index (χ4n) is 1.36. The van der Waals surface area contributed by atoms with E-state index in [-0.39, 0.29) is 5.69 Å². The third-order valence-corrected chi connectivity index (χ3v) is 2.87. The number of nitrogens with one attached hydrogen (secondary N) is 2. The number of hydrogen-bond donors (Lipinski definition) is 2. The Bertz CT molecular complexity index is 527. The number of nitro groups is 1. The van der Waals surface area contributed by atoms with Gasteiger partial charge in [-0.05, 0) is 27.6 Å². The second kappa shape index (κ2) is 4.96. The minimum Gasteiger partial charge on any atom is -0.378 e. The lowest BCUT2D eigenvalue weighted by Gasteiger charge is -2.04. The average Bonchev–Trinajstić information content (AvgIpc) is 2.80. The molecule has 1 aromatic heterocycles. The van der Waals surface area contributed by atoms with E-state index in [0.717, 1.165) is 11.3 Å². The van der Waals surface area contributed by atoms with Gasteiger partial charge in [0.15, 0.2) is 0 Å². The van der Waals surface area contributed by atoms with Gasteiger partial charge in [-0.1, -0.05) is 6.07 Å². The molecule has 7 heteroatoms. The second-order valence-electron chi connectivity index (χ2n) is 3.38. The zero-order chi connectivity index (χ0) is 12.3. The molecule has 0 spiro atoms. The molecule has 0 saturated heterocycles. The van der Waals surface area contributed by atoms with Crippen molar-refractivity contribution in [3.8, 4) is 0 Å². The van der Waals surface area contributed by atoms with Crippen LogP contribution < -0.4 is 5.32 Å².